The summed E-state index contributed by atoms with van der Waals surface area (Å²) >= 11 is 0. The van der Waals surface area contributed by atoms with Gasteiger partial charge in [-0.1, -0.05) is 66.7 Å². The number of carboxylic acids is 1. The quantitative estimate of drug-likeness (QED) is 0.552. The van der Waals surface area contributed by atoms with Gasteiger partial charge >= 0.3 is 12.1 Å². The Morgan fingerprint density at radius 3 is 2.14 bits per heavy atom. The largest absolute Gasteiger partial charge is 0.481 e. The molecule has 0 spiro atoms. The second-order valence-corrected chi connectivity index (χ2v) is 8.99. The normalized spacial score (nSPS) is 16.7. The van der Waals surface area contributed by atoms with Gasteiger partial charge in [-0.25, -0.2) is 4.79 Å². The van der Waals surface area contributed by atoms with E-state index < -0.39 is 18.1 Å². The number of fused-ring (bicyclic) bond motifs is 4. The Balaban J connectivity index is 1.24. The average Bonchev–Trinajstić information content (AvgIpc) is 3.38. The Bertz CT molecular complexity index is 1260. The number of rotatable bonds is 6. The van der Waals surface area contributed by atoms with Crippen molar-refractivity contribution in [3.8, 4) is 11.1 Å². The van der Waals surface area contributed by atoms with E-state index in [0.717, 1.165) is 27.8 Å². The molecular weight excluding hydrogens is 444 g/mol. The van der Waals surface area contributed by atoms with E-state index >= 15 is 0 Å². The number of carboxylic acid groups (broad SMARTS) is 1. The first kappa shape index (κ1) is 22.7. The van der Waals surface area contributed by atoms with E-state index in [1.807, 2.05) is 54.6 Å². The Morgan fingerprint density at radius 1 is 0.943 bits per heavy atom. The zero-order chi connectivity index (χ0) is 24.5. The number of alkyl carbamates (subject to hydrolysis) is 1. The van der Waals surface area contributed by atoms with Gasteiger partial charge < -0.3 is 20.1 Å². The summed E-state index contributed by atoms with van der Waals surface area (Å²) in [5.41, 5.74) is 6.03. The first-order valence-electron chi connectivity index (χ1n) is 11.7. The van der Waals surface area contributed by atoms with Gasteiger partial charge in [0.1, 0.15) is 12.6 Å². The lowest BCUT2D eigenvalue weighted by molar-refractivity contribution is -0.137. The maximum atomic E-state index is 13.2. The molecule has 0 saturated carbocycles. The molecule has 0 aromatic heterocycles. The van der Waals surface area contributed by atoms with Crippen LogP contribution in [0.15, 0.2) is 72.8 Å². The Hall–Kier alpha value is -4.13. The molecule has 0 fully saturated rings. The fourth-order valence-corrected chi connectivity index (χ4v) is 5.20. The zero-order valence-corrected chi connectivity index (χ0v) is 19.3. The summed E-state index contributed by atoms with van der Waals surface area (Å²) in [5, 5.41) is 11.9. The molecule has 0 saturated heterocycles. The van der Waals surface area contributed by atoms with Crippen molar-refractivity contribution in [1.82, 2.24) is 5.32 Å². The summed E-state index contributed by atoms with van der Waals surface area (Å²) in [5.74, 6) is -1.57. The Labute approximate surface area is 203 Å². The Morgan fingerprint density at radius 2 is 1.51 bits per heavy atom. The van der Waals surface area contributed by atoms with Gasteiger partial charge in [-0.05, 0) is 40.8 Å². The molecule has 7 nitrogen and oxygen atoms in total. The van der Waals surface area contributed by atoms with Crippen molar-refractivity contribution in [3.05, 3.63) is 89.5 Å². The lowest BCUT2D eigenvalue weighted by Gasteiger charge is -2.23. The number of carbonyl (C=O) groups excluding carboxylic acids is 2. The topological polar surface area (TPSA) is 95.9 Å². The van der Waals surface area contributed by atoms with Gasteiger partial charge in [0.15, 0.2) is 0 Å². The maximum Gasteiger partial charge on any atom is 0.407 e. The van der Waals surface area contributed by atoms with E-state index in [1.54, 1.807) is 17.9 Å². The van der Waals surface area contributed by atoms with Crippen LogP contribution in [-0.4, -0.2) is 42.3 Å². The molecule has 0 radical (unpaired) electrons. The molecule has 2 amide bonds. The molecule has 7 heteroatoms. The van der Waals surface area contributed by atoms with Gasteiger partial charge in [0.25, 0.3) is 0 Å². The third-order valence-corrected chi connectivity index (χ3v) is 6.81. The lowest BCUT2D eigenvalue weighted by Crippen LogP contribution is -2.47. The number of benzene rings is 3. The number of hydrogen-bond donors (Lipinski definition) is 2. The van der Waals surface area contributed by atoms with Crippen molar-refractivity contribution in [1.29, 1.82) is 0 Å². The number of para-hydroxylation sites is 1. The molecule has 35 heavy (non-hydrogen) atoms. The molecule has 178 valence electrons. The number of ether oxygens (including phenoxy) is 1. The fraction of sp³-hybridized carbons (Fsp3) is 0.250. The molecular formula is C28H26N2O5. The van der Waals surface area contributed by atoms with Crippen molar-refractivity contribution < 1.29 is 24.2 Å². The minimum absolute atomic E-state index is 0.0605. The molecule has 1 unspecified atom stereocenters. The van der Waals surface area contributed by atoms with Crippen LogP contribution in [0.2, 0.25) is 0 Å². The highest BCUT2D eigenvalue weighted by Crippen LogP contribution is 2.44. The first-order valence-corrected chi connectivity index (χ1v) is 11.7. The van der Waals surface area contributed by atoms with Crippen molar-refractivity contribution in [2.45, 2.75) is 31.2 Å². The number of nitrogens with one attached hydrogen (secondary N) is 1. The van der Waals surface area contributed by atoms with Crippen LogP contribution in [0.1, 0.15) is 41.9 Å². The SMILES string of the molecule is C[C@H](NC(=O)OCC1c2ccccc2-c2ccccc21)C(=O)N1CC(CC(=O)O)c2ccccc21. The van der Waals surface area contributed by atoms with Crippen LogP contribution in [0.25, 0.3) is 11.1 Å². The lowest BCUT2D eigenvalue weighted by atomic mass is 9.98. The van der Waals surface area contributed by atoms with E-state index in [0.29, 0.717) is 5.69 Å². The van der Waals surface area contributed by atoms with Gasteiger partial charge in [0.2, 0.25) is 5.91 Å². The molecule has 3 aromatic carbocycles. The summed E-state index contributed by atoms with van der Waals surface area (Å²) in [6, 6.07) is 22.6. The number of aliphatic carboxylic acids is 1. The molecule has 2 N–H and O–H groups in total. The molecule has 3 aromatic rings. The molecule has 2 aliphatic rings. The summed E-state index contributed by atoms with van der Waals surface area (Å²) in [4.78, 5) is 38.6. The van der Waals surface area contributed by atoms with E-state index in [1.165, 1.54) is 0 Å². The molecule has 2 atom stereocenters. The van der Waals surface area contributed by atoms with E-state index in [-0.39, 0.29) is 37.3 Å². The van der Waals surface area contributed by atoms with Crippen LogP contribution in [0.3, 0.4) is 0 Å². The van der Waals surface area contributed by atoms with Gasteiger partial charge in [-0.2, -0.15) is 0 Å². The molecule has 5 rings (SSSR count). The van der Waals surface area contributed by atoms with Gasteiger partial charge in [-0.3, -0.25) is 9.59 Å². The van der Waals surface area contributed by atoms with Crippen LogP contribution in [0.4, 0.5) is 10.5 Å². The predicted molar refractivity (Wildman–Crippen MR) is 131 cm³/mol. The Kier molecular flexibility index (Phi) is 5.99. The maximum absolute atomic E-state index is 13.2. The third-order valence-electron chi connectivity index (χ3n) is 6.81. The third kappa shape index (κ3) is 4.25. The summed E-state index contributed by atoms with van der Waals surface area (Å²) in [7, 11) is 0. The second-order valence-electron chi connectivity index (χ2n) is 8.99. The summed E-state index contributed by atoms with van der Waals surface area (Å²) in [6.07, 6.45) is -0.725. The highest BCUT2D eigenvalue weighted by molar-refractivity contribution is 6.00. The molecule has 1 heterocycles. The van der Waals surface area contributed by atoms with Crippen LogP contribution in [0, 0.1) is 0 Å². The highest BCUT2D eigenvalue weighted by atomic mass is 16.5. The molecule has 1 aliphatic carbocycles. The van der Waals surface area contributed by atoms with Crippen molar-refractivity contribution in [3.63, 3.8) is 0 Å². The predicted octanol–water partition coefficient (Wildman–Crippen LogP) is 4.52. The summed E-state index contributed by atoms with van der Waals surface area (Å²) in [6.45, 7) is 2.03. The first-order chi connectivity index (χ1) is 16.9. The number of anilines is 1. The van der Waals surface area contributed by atoms with Gasteiger partial charge in [0, 0.05) is 24.1 Å². The fourth-order valence-electron chi connectivity index (χ4n) is 5.20. The number of amides is 2. The average molecular weight is 471 g/mol. The van der Waals surface area contributed by atoms with Crippen LogP contribution in [-0.2, 0) is 14.3 Å². The smallest absolute Gasteiger partial charge is 0.407 e. The minimum atomic E-state index is -0.913. The highest BCUT2D eigenvalue weighted by Gasteiger charge is 2.36. The molecule has 0 bridgehead atoms. The monoisotopic (exact) mass is 470 g/mol. The van der Waals surface area contributed by atoms with Gasteiger partial charge in [-0.15, -0.1) is 0 Å². The van der Waals surface area contributed by atoms with Crippen LogP contribution >= 0.6 is 0 Å². The van der Waals surface area contributed by atoms with E-state index in [2.05, 4.69) is 17.4 Å². The summed E-state index contributed by atoms with van der Waals surface area (Å²) < 4.78 is 5.57. The number of nitrogens with zero attached hydrogens (tertiary/aromatic N) is 1. The van der Waals surface area contributed by atoms with Crippen molar-refractivity contribution >= 4 is 23.7 Å². The van der Waals surface area contributed by atoms with E-state index in [4.69, 9.17) is 4.74 Å². The van der Waals surface area contributed by atoms with Crippen LogP contribution in [0.5, 0.6) is 0 Å². The number of carbonyl (C=O) groups is 3. The van der Waals surface area contributed by atoms with E-state index in [9.17, 15) is 19.5 Å². The standard InChI is InChI=1S/C28H26N2O5/c1-17(27(33)30-15-18(14-26(31)32)19-8-6-7-13-25(19)30)29-28(34)35-16-24-22-11-4-2-9-20(22)21-10-3-5-12-23(21)24/h2-13,17-18,24H,14-16H2,1H3,(H,29,34)(H,31,32)/t17-,18?/m0/s1. The van der Waals surface area contributed by atoms with Gasteiger partial charge in [0.05, 0.1) is 6.42 Å². The van der Waals surface area contributed by atoms with Crippen LogP contribution < -0.4 is 10.2 Å². The minimum Gasteiger partial charge on any atom is -0.481 e. The van der Waals surface area contributed by atoms with Crippen molar-refractivity contribution in [2.24, 2.45) is 0 Å². The second kappa shape index (κ2) is 9.25. The van der Waals surface area contributed by atoms with Crippen molar-refractivity contribution in [2.75, 3.05) is 18.1 Å². The molecule has 1 aliphatic heterocycles. The zero-order valence-electron chi connectivity index (χ0n) is 19.3. The number of hydrogen-bond acceptors (Lipinski definition) is 4.